The third-order valence-electron chi connectivity index (χ3n) is 2.41. The van der Waals surface area contributed by atoms with Crippen molar-refractivity contribution in [3.8, 4) is 0 Å². The van der Waals surface area contributed by atoms with Crippen molar-refractivity contribution < 1.29 is 9.53 Å². The lowest BCUT2D eigenvalue weighted by Crippen LogP contribution is -2.53. The topological polar surface area (TPSA) is 64.4 Å². The number of hydrogen-bond acceptors (Lipinski definition) is 3. The summed E-state index contributed by atoms with van der Waals surface area (Å²) < 4.78 is 5.39. The highest BCUT2D eigenvalue weighted by molar-refractivity contribution is 5.85. The number of rotatable bonds is 2. The Morgan fingerprint density at radius 3 is 2.71 bits per heavy atom. The molecule has 0 bridgehead atoms. The third-order valence-corrected chi connectivity index (χ3v) is 2.41. The lowest BCUT2D eigenvalue weighted by molar-refractivity contribution is -0.126. The maximum Gasteiger partial charge on any atom is 0.239 e. The van der Waals surface area contributed by atoms with Crippen LogP contribution in [0.2, 0.25) is 0 Å². The second kappa shape index (κ2) is 4.28. The molecule has 0 spiro atoms. The van der Waals surface area contributed by atoms with E-state index in [-0.39, 0.29) is 18.1 Å². The van der Waals surface area contributed by atoms with Crippen molar-refractivity contribution in [1.29, 1.82) is 0 Å². The van der Waals surface area contributed by atoms with Crippen LogP contribution in [0.4, 0.5) is 0 Å². The first kappa shape index (κ1) is 11.5. The number of carbonyl (C=O) groups is 1. The average Bonchev–Trinajstić information content (AvgIpc) is 2.02. The van der Waals surface area contributed by atoms with Crippen LogP contribution in [-0.2, 0) is 9.53 Å². The Kier molecular flexibility index (Phi) is 3.50. The van der Waals surface area contributed by atoms with E-state index in [1.54, 1.807) is 13.8 Å². The maximum atomic E-state index is 11.6. The van der Waals surface area contributed by atoms with Gasteiger partial charge in [0, 0.05) is 12.6 Å². The van der Waals surface area contributed by atoms with Gasteiger partial charge in [0.05, 0.1) is 11.6 Å². The van der Waals surface area contributed by atoms with Crippen LogP contribution in [0.25, 0.3) is 0 Å². The van der Waals surface area contributed by atoms with Crippen LogP contribution in [-0.4, -0.2) is 30.2 Å². The van der Waals surface area contributed by atoms with Crippen LogP contribution < -0.4 is 11.1 Å². The summed E-state index contributed by atoms with van der Waals surface area (Å²) >= 11 is 0. The Morgan fingerprint density at radius 1 is 1.57 bits per heavy atom. The molecule has 0 saturated carbocycles. The Balaban J connectivity index is 2.40. The summed E-state index contributed by atoms with van der Waals surface area (Å²) in [5.74, 6) is -0.0865. The van der Waals surface area contributed by atoms with Crippen molar-refractivity contribution in [2.75, 3.05) is 6.61 Å². The molecule has 1 aliphatic heterocycles. The van der Waals surface area contributed by atoms with Gasteiger partial charge in [-0.3, -0.25) is 4.79 Å². The second-order valence-corrected chi connectivity index (χ2v) is 4.60. The van der Waals surface area contributed by atoms with Crippen molar-refractivity contribution >= 4 is 5.91 Å². The molecule has 4 nitrogen and oxygen atoms in total. The molecule has 3 N–H and O–H groups in total. The van der Waals surface area contributed by atoms with Gasteiger partial charge in [0.1, 0.15) is 0 Å². The number of nitrogens with one attached hydrogen (secondary N) is 1. The summed E-state index contributed by atoms with van der Waals surface area (Å²) in [5.41, 5.74) is 4.90. The van der Waals surface area contributed by atoms with E-state index >= 15 is 0 Å². The molecular weight excluding hydrogens is 180 g/mol. The fraction of sp³-hybridized carbons (Fsp3) is 0.900. The van der Waals surface area contributed by atoms with Crippen LogP contribution in [0.15, 0.2) is 0 Å². The molecule has 2 atom stereocenters. The normalized spacial score (nSPS) is 28.6. The van der Waals surface area contributed by atoms with E-state index in [0.29, 0.717) is 0 Å². The van der Waals surface area contributed by atoms with E-state index in [0.717, 1.165) is 19.4 Å². The highest BCUT2D eigenvalue weighted by Gasteiger charge is 2.27. The van der Waals surface area contributed by atoms with Crippen LogP contribution in [0.3, 0.4) is 0 Å². The predicted octanol–water partition coefficient (Wildman–Crippen LogP) is 0.407. The molecule has 0 aliphatic carbocycles. The zero-order chi connectivity index (χ0) is 10.8. The Morgan fingerprint density at radius 2 is 2.21 bits per heavy atom. The monoisotopic (exact) mass is 200 g/mol. The van der Waals surface area contributed by atoms with Crippen molar-refractivity contribution in [1.82, 2.24) is 5.32 Å². The van der Waals surface area contributed by atoms with Gasteiger partial charge in [-0.1, -0.05) is 0 Å². The van der Waals surface area contributed by atoms with E-state index in [2.05, 4.69) is 5.32 Å². The van der Waals surface area contributed by atoms with Gasteiger partial charge < -0.3 is 15.8 Å². The van der Waals surface area contributed by atoms with Crippen LogP contribution in [0.1, 0.15) is 33.6 Å². The first-order valence-corrected chi connectivity index (χ1v) is 5.11. The largest absolute Gasteiger partial charge is 0.378 e. The van der Waals surface area contributed by atoms with E-state index in [1.807, 2.05) is 6.92 Å². The standard InChI is InChI=1S/C10H20N2O2/c1-7-6-8(4-5-14-7)12-9(13)10(2,3)11/h7-8H,4-6,11H2,1-3H3,(H,12,13). The van der Waals surface area contributed by atoms with Crippen LogP contribution in [0, 0.1) is 0 Å². The molecule has 1 rings (SSSR count). The molecule has 2 unspecified atom stereocenters. The summed E-state index contributed by atoms with van der Waals surface area (Å²) in [6.45, 7) is 6.17. The molecule has 1 amide bonds. The summed E-state index contributed by atoms with van der Waals surface area (Å²) in [6, 6.07) is 0.217. The van der Waals surface area contributed by atoms with E-state index in [4.69, 9.17) is 10.5 Å². The molecule has 0 aromatic carbocycles. The number of hydrogen-bond donors (Lipinski definition) is 2. The summed E-state index contributed by atoms with van der Waals surface area (Å²) in [5, 5.41) is 2.95. The van der Waals surface area contributed by atoms with Gasteiger partial charge in [0.15, 0.2) is 0 Å². The fourth-order valence-corrected chi connectivity index (χ4v) is 1.50. The molecule has 1 fully saturated rings. The summed E-state index contributed by atoms with van der Waals surface area (Å²) in [6.07, 6.45) is 1.99. The Hall–Kier alpha value is -0.610. The van der Waals surface area contributed by atoms with Gasteiger partial charge in [-0.05, 0) is 33.6 Å². The molecule has 1 heterocycles. The molecule has 0 aromatic heterocycles. The number of ether oxygens (including phenoxy) is 1. The van der Waals surface area contributed by atoms with Crippen molar-refractivity contribution in [2.45, 2.75) is 51.3 Å². The number of nitrogens with two attached hydrogens (primary N) is 1. The SMILES string of the molecule is CC1CC(NC(=O)C(C)(C)N)CCO1. The van der Waals surface area contributed by atoms with Crippen molar-refractivity contribution in [3.05, 3.63) is 0 Å². The van der Waals surface area contributed by atoms with E-state index in [9.17, 15) is 4.79 Å². The highest BCUT2D eigenvalue weighted by Crippen LogP contribution is 2.13. The molecule has 14 heavy (non-hydrogen) atoms. The van der Waals surface area contributed by atoms with Gasteiger partial charge in [-0.25, -0.2) is 0 Å². The fourth-order valence-electron chi connectivity index (χ4n) is 1.50. The first-order valence-electron chi connectivity index (χ1n) is 5.11. The number of carbonyl (C=O) groups excluding carboxylic acids is 1. The summed E-state index contributed by atoms with van der Waals surface area (Å²) in [7, 11) is 0. The minimum atomic E-state index is -0.790. The van der Waals surface area contributed by atoms with Gasteiger partial charge in [-0.2, -0.15) is 0 Å². The Labute approximate surface area is 85.2 Å². The van der Waals surface area contributed by atoms with E-state index < -0.39 is 5.54 Å². The second-order valence-electron chi connectivity index (χ2n) is 4.60. The highest BCUT2D eigenvalue weighted by atomic mass is 16.5. The molecule has 0 radical (unpaired) electrons. The Bertz CT molecular complexity index is 211. The maximum absolute atomic E-state index is 11.6. The first-order chi connectivity index (χ1) is 6.39. The molecule has 82 valence electrons. The average molecular weight is 200 g/mol. The van der Waals surface area contributed by atoms with E-state index in [1.165, 1.54) is 0 Å². The minimum absolute atomic E-state index is 0.0865. The molecule has 4 heteroatoms. The van der Waals surface area contributed by atoms with Gasteiger partial charge in [-0.15, -0.1) is 0 Å². The predicted molar refractivity (Wildman–Crippen MR) is 54.8 cm³/mol. The van der Waals surface area contributed by atoms with Crippen LogP contribution in [0.5, 0.6) is 0 Å². The van der Waals surface area contributed by atoms with Gasteiger partial charge >= 0.3 is 0 Å². The van der Waals surface area contributed by atoms with Gasteiger partial charge in [0.2, 0.25) is 5.91 Å². The smallest absolute Gasteiger partial charge is 0.239 e. The van der Waals surface area contributed by atoms with Crippen molar-refractivity contribution in [3.63, 3.8) is 0 Å². The molecule has 0 aromatic rings. The zero-order valence-electron chi connectivity index (χ0n) is 9.17. The number of amides is 1. The molecule has 1 aliphatic rings. The van der Waals surface area contributed by atoms with Crippen molar-refractivity contribution in [2.24, 2.45) is 5.73 Å². The molecule has 1 saturated heterocycles. The quantitative estimate of drug-likeness (QED) is 0.678. The van der Waals surface area contributed by atoms with Gasteiger partial charge in [0.25, 0.3) is 0 Å². The third kappa shape index (κ3) is 3.27. The summed E-state index contributed by atoms with van der Waals surface area (Å²) in [4.78, 5) is 11.6. The minimum Gasteiger partial charge on any atom is -0.378 e. The lowest BCUT2D eigenvalue weighted by Gasteiger charge is -2.30. The molecular formula is C10H20N2O2. The lowest BCUT2D eigenvalue weighted by atomic mass is 10.0. The van der Waals surface area contributed by atoms with Crippen LogP contribution >= 0.6 is 0 Å². The zero-order valence-corrected chi connectivity index (χ0v) is 9.17.